The Morgan fingerprint density at radius 2 is 2.33 bits per heavy atom. The molecule has 0 spiro atoms. The van der Waals surface area contributed by atoms with Crippen molar-refractivity contribution in [3.63, 3.8) is 0 Å². The first-order valence-electron chi connectivity index (χ1n) is 6.64. The highest BCUT2D eigenvalue weighted by Gasteiger charge is 2.33. The number of aromatic nitrogens is 1. The first kappa shape index (κ1) is 17.1. The fourth-order valence-electron chi connectivity index (χ4n) is 2.20. The number of likely N-dealkylation sites (N-methyl/N-ethyl adjacent to an activating group) is 1. The van der Waals surface area contributed by atoms with Crippen LogP contribution >= 0.6 is 0 Å². The highest BCUT2D eigenvalue weighted by molar-refractivity contribution is 5.92. The van der Waals surface area contributed by atoms with Crippen LogP contribution in [0.2, 0.25) is 0 Å². The molecule has 21 heavy (non-hydrogen) atoms. The molecule has 1 aromatic rings. The summed E-state index contributed by atoms with van der Waals surface area (Å²) in [5.41, 5.74) is 0.317. The number of carboxylic acid groups (broad SMARTS) is 1. The van der Waals surface area contributed by atoms with Gasteiger partial charge in [-0.3, -0.25) is 9.59 Å². The van der Waals surface area contributed by atoms with Crippen LogP contribution in [-0.2, 0) is 9.53 Å². The van der Waals surface area contributed by atoms with E-state index in [0.29, 0.717) is 18.1 Å². The van der Waals surface area contributed by atoms with Gasteiger partial charge in [0.15, 0.2) is 5.69 Å². The van der Waals surface area contributed by atoms with Crippen molar-refractivity contribution in [2.45, 2.75) is 26.0 Å². The number of rotatable bonds is 4. The number of amides is 1. The second-order valence-corrected chi connectivity index (χ2v) is 4.72. The summed E-state index contributed by atoms with van der Waals surface area (Å²) in [5.74, 6) is 0.418. The summed E-state index contributed by atoms with van der Waals surface area (Å²) in [6.07, 6.45) is 0.0388. The number of aryl methyl sites for hydroxylation is 1. The quantitative estimate of drug-likeness (QED) is 0.761. The lowest BCUT2D eigenvalue weighted by Crippen LogP contribution is -2.44. The molecule has 118 valence electrons. The average Bonchev–Trinajstić information content (AvgIpc) is 2.98. The third-order valence-corrected chi connectivity index (χ3v) is 3.01. The van der Waals surface area contributed by atoms with E-state index in [0.717, 1.165) is 13.1 Å². The minimum atomic E-state index is -0.250. The number of hydrogen-bond acceptors (Lipinski definition) is 6. The predicted molar refractivity (Wildman–Crippen MR) is 74.1 cm³/mol. The highest BCUT2D eigenvalue weighted by atomic mass is 16.5. The number of carbonyl (C=O) groups is 2. The van der Waals surface area contributed by atoms with Crippen molar-refractivity contribution in [3.05, 3.63) is 17.5 Å². The smallest absolute Gasteiger partial charge is 0.290 e. The molecule has 1 amide bonds. The molecule has 2 rings (SSSR count). The van der Waals surface area contributed by atoms with Crippen LogP contribution in [0, 0.1) is 6.92 Å². The Morgan fingerprint density at radius 3 is 2.86 bits per heavy atom. The standard InChI is InChI=1S/C12H19N3O3.CH2O2/c1-4-17-11-7-15(3)6-10(11)13-12(16)9-5-8(2)18-14-9;2-1-3/h5,10-11H,4,6-7H2,1-3H3,(H,13,16);1H,(H,2,3)/t10-,11-;/m0./s1. The zero-order valence-corrected chi connectivity index (χ0v) is 12.4. The summed E-state index contributed by atoms with van der Waals surface area (Å²) >= 11 is 0. The fourth-order valence-corrected chi connectivity index (χ4v) is 2.20. The van der Waals surface area contributed by atoms with Crippen molar-refractivity contribution < 1.29 is 24.0 Å². The average molecular weight is 299 g/mol. The first-order chi connectivity index (χ1) is 10.0. The largest absolute Gasteiger partial charge is 0.483 e. The molecular weight excluding hydrogens is 278 g/mol. The lowest BCUT2D eigenvalue weighted by atomic mass is 10.2. The van der Waals surface area contributed by atoms with E-state index in [4.69, 9.17) is 19.2 Å². The lowest BCUT2D eigenvalue weighted by molar-refractivity contribution is -0.122. The summed E-state index contributed by atoms with van der Waals surface area (Å²) in [6.45, 7) is 5.73. The second-order valence-electron chi connectivity index (χ2n) is 4.72. The van der Waals surface area contributed by atoms with Crippen LogP contribution in [0.3, 0.4) is 0 Å². The van der Waals surface area contributed by atoms with E-state index in [-0.39, 0.29) is 24.5 Å². The van der Waals surface area contributed by atoms with E-state index in [1.807, 2.05) is 14.0 Å². The van der Waals surface area contributed by atoms with Crippen LogP contribution in [0.4, 0.5) is 0 Å². The van der Waals surface area contributed by atoms with Gasteiger partial charge in [-0.25, -0.2) is 0 Å². The highest BCUT2D eigenvalue weighted by Crippen LogP contribution is 2.12. The fraction of sp³-hybridized carbons (Fsp3) is 0.615. The zero-order valence-electron chi connectivity index (χ0n) is 12.4. The van der Waals surface area contributed by atoms with E-state index in [9.17, 15) is 4.79 Å². The van der Waals surface area contributed by atoms with Crippen LogP contribution in [-0.4, -0.2) is 66.4 Å². The monoisotopic (exact) mass is 299 g/mol. The summed E-state index contributed by atoms with van der Waals surface area (Å²) in [4.78, 5) is 22.5. The van der Waals surface area contributed by atoms with Gasteiger partial charge in [0.2, 0.25) is 0 Å². The van der Waals surface area contributed by atoms with Crippen molar-refractivity contribution in [1.82, 2.24) is 15.4 Å². The van der Waals surface area contributed by atoms with Crippen molar-refractivity contribution in [2.75, 3.05) is 26.7 Å². The Kier molecular flexibility index (Phi) is 6.83. The van der Waals surface area contributed by atoms with Crippen LogP contribution in [0.15, 0.2) is 10.6 Å². The summed E-state index contributed by atoms with van der Waals surface area (Å²) in [6, 6.07) is 1.63. The third-order valence-electron chi connectivity index (χ3n) is 3.01. The lowest BCUT2D eigenvalue weighted by Gasteiger charge is -2.18. The van der Waals surface area contributed by atoms with E-state index >= 15 is 0 Å². The van der Waals surface area contributed by atoms with E-state index in [2.05, 4.69) is 15.4 Å². The summed E-state index contributed by atoms with van der Waals surface area (Å²) < 4.78 is 10.5. The molecular formula is C13H21N3O5. The number of likely N-dealkylation sites (tertiary alicyclic amines) is 1. The topological polar surface area (TPSA) is 105 Å². The molecule has 1 saturated heterocycles. The minimum absolute atomic E-state index is 0.000504. The zero-order chi connectivity index (χ0) is 15.8. The Balaban J connectivity index is 0.000000677. The van der Waals surface area contributed by atoms with Crippen molar-refractivity contribution in [1.29, 1.82) is 0 Å². The summed E-state index contributed by atoms with van der Waals surface area (Å²) in [7, 11) is 2.01. The van der Waals surface area contributed by atoms with Crippen molar-refractivity contribution in [2.24, 2.45) is 0 Å². The maximum Gasteiger partial charge on any atom is 0.290 e. The van der Waals surface area contributed by atoms with Crippen LogP contribution in [0.5, 0.6) is 0 Å². The number of nitrogens with zero attached hydrogens (tertiary/aromatic N) is 2. The van der Waals surface area contributed by atoms with E-state index < -0.39 is 0 Å². The van der Waals surface area contributed by atoms with Crippen LogP contribution in [0.25, 0.3) is 0 Å². The van der Waals surface area contributed by atoms with Gasteiger partial charge in [-0.05, 0) is 20.9 Å². The molecule has 1 aliphatic rings. The molecule has 2 N–H and O–H groups in total. The number of ether oxygens (including phenoxy) is 1. The number of nitrogens with one attached hydrogen (secondary N) is 1. The second kappa shape index (κ2) is 8.38. The van der Waals surface area contributed by atoms with Crippen molar-refractivity contribution in [3.8, 4) is 0 Å². The molecule has 0 unspecified atom stereocenters. The number of hydrogen-bond donors (Lipinski definition) is 2. The number of carbonyl (C=O) groups excluding carboxylic acids is 1. The van der Waals surface area contributed by atoms with Gasteiger partial charge in [0.1, 0.15) is 5.76 Å². The predicted octanol–water partition coefficient (Wildman–Crippen LogP) is 0.133. The SMILES string of the molecule is CCO[C@H]1CN(C)C[C@@H]1NC(=O)c1cc(C)on1.O=CO. The molecule has 0 aliphatic carbocycles. The van der Waals surface area contributed by atoms with Gasteiger partial charge in [0.25, 0.3) is 12.4 Å². The molecule has 0 saturated carbocycles. The van der Waals surface area contributed by atoms with Gasteiger partial charge >= 0.3 is 0 Å². The summed E-state index contributed by atoms with van der Waals surface area (Å²) in [5, 5.41) is 13.5. The van der Waals surface area contributed by atoms with E-state index in [1.54, 1.807) is 13.0 Å². The minimum Gasteiger partial charge on any atom is -0.483 e. The molecule has 2 atom stereocenters. The molecule has 1 aromatic heterocycles. The maximum absolute atomic E-state index is 12.0. The molecule has 0 aromatic carbocycles. The maximum atomic E-state index is 12.0. The third kappa shape index (κ3) is 5.16. The molecule has 2 heterocycles. The van der Waals surface area contributed by atoms with Gasteiger partial charge in [0.05, 0.1) is 12.1 Å². The molecule has 0 radical (unpaired) electrons. The van der Waals surface area contributed by atoms with Crippen molar-refractivity contribution >= 4 is 12.4 Å². The Morgan fingerprint density at radius 1 is 1.67 bits per heavy atom. The van der Waals surface area contributed by atoms with Gasteiger partial charge in [0, 0.05) is 25.8 Å². The van der Waals surface area contributed by atoms with Gasteiger partial charge in [-0.1, -0.05) is 5.16 Å². The van der Waals surface area contributed by atoms with E-state index in [1.165, 1.54) is 0 Å². The van der Waals surface area contributed by atoms with Gasteiger partial charge < -0.3 is 24.6 Å². The molecule has 8 nitrogen and oxygen atoms in total. The molecule has 0 bridgehead atoms. The molecule has 1 aliphatic heterocycles. The Labute approximate surface area is 123 Å². The van der Waals surface area contributed by atoms with Crippen LogP contribution in [0.1, 0.15) is 23.2 Å². The first-order valence-corrected chi connectivity index (χ1v) is 6.64. The molecule has 8 heteroatoms. The Hall–Kier alpha value is -1.93. The normalized spacial score (nSPS) is 21.5. The Bertz CT molecular complexity index is 462. The van der Waals surface area contributed by atoms with Gasteiger partial charge in [-0.15, -0.1) is 0 Å². The molecule has 1 fully saturated rings. The van der Waals surface area contributed by atoms with Gasteiger partial charge in [-0.2, -0.15) is 0 Å². The van der Waals surface area contributed by atoms with Crippen LogP contribution < -0.4 is 5.32 Å².